The maximum atomic E-state index is 14.6. The van der Waals surface area contributed by atoms with Gasteiger partial charge < -0.3 is 9.30 Å². The maximum absolute atomic E-state index is 14.6. The highest BCUT2D eigenvalue weighted by Crippen LogP contribution is 2.36. The zero-order valence-corrected chi connectivity index (χ0v) is 16.5. The van der Waals surface area contributed by atoms with E-state index in [4.69, 9.17) is 4.74 Å². The summed E-state index contributed by atoms with van der Waals surface area (Å²) >= 11 is 1.44. The number of nitrogens with zero attached hydrogens (tertiary/aromatic N) is 2. The van der Waals surface area contributed by atoms with Crippen LogP contribution in [-0.4, -0.2) is 17.8 Å². The largest absolute Gasteiger partial charge is 0.381 e. The van der Waals surface area contributed by atoms with Crippen LogP contribution < -0.4 is 0 Å². The summed E-state index contributed by atoms with van der Waals surface area (Å²) in [7, 11) is 0. The molecule has 0 N–H and O–H groups in total. The van der Waals surface area contributed by atoms with Crippen molar-refractivity contribution >= 4 is 11.8 Å². The molecule has 0 unspecified atom stereocenters. The predicted molar refractivity (Wildman–Crippen MR) is 109 cm³/mol. The van der Waals surface area contributed by atoms with Crippen LogP contribution in [0.5, 0.6) is 0 Å². The fraction of sp³-hybridized carbons (Fsp3) is 0.261. The van der Waals surface area contributed by atoms with E-state index in [2.05, 4.69) is 17.6 Å². The second-order valence-corrected chi connectivity index (χ2v) is 8.11. The Balaban J connectivity index is 1.62. The summed E-state index contributed by atoms with van der Waals surface area (Å²) in [5, 5.41) is 9.45. The topological polar surface area (TPSA) is 38.0 Å². The van der Waals surface area contributed by atoms with E-state index in [1.807, 2.05) is 48.7 Å². The average Bonchev–Trinajstić information content (AvgIpc) is 3.15. The summed E-state index contributed by atoms with van der Waals surface area (Å²) in [6.07, 6.45) is 3.80. The van der Waals surface area contributed by atoms with Crippen LogP contribution in [0.3, 0.4) is 0 Å². The van der Waals surface area contributed by atoms with E-state index in [0.29, 0.717) is 18.1 Å². The summed E-state index contributed by atoms with van der Waals surface area (Å²) in [6.45, 7) is 3.47. The fourth-order valence-electron chi connectivity index (χ4n) is 3.61. The Kier molecular flexibility index (Phi) is 5.52. The maximum Gasteiger partial charge on any atom is 0.142 e. The number of ether oxygens (including phenoxy) is 1. The van der Waals surface area contributed by atoms with E-state index in [9.17, 15) is 9.65 Å². The summed E-state index contributed by atoms with van der Waals surface area (Å²) in [4.78, 5) is 1.66. The Bertz CT molecular complexity index is 1010. The van der Waals surface area contributed by atoms with Gasteiger partial charge in [0.25, 0.3) is 0 Å². The number of hydrogen-bond donors (Lipinski definition) is 0. The molecule has 0 radical (unpaired) electrons. The molecule has 0 spiro atoms. The van der Waals surface area contributed by atoms with Crippen molar-refractivity contribution in [1.29, 1.82) is 5.26 Å². The van der Waals surface area contributed by atoms with E-state index >= 15 is 0 Å². The first kappa shape index (κ1) is 18.8. The van der Waals surface area contributed by atoms with E-state index in [1.165, 1.54) is 23.5 Å². The zero-order valence-electron chi connectivity index (χ0n) is 15.7. The third-order valence-electron chi connectivity index (χ3n) is 5.18. The summed E-state index contributed by atoms with van der Waals surface area (Å²) in [5.74, 6) is -0.150. The molecule has 0 aliphatic carbocycles. The first-order valence-electron chi connectivity index (χ1n) is 9.39. The quantitative estimate of drug-likeness (QED) is 0.560. The lowest BCUT2D eigenvalue weighted by molar-refractivity contribution is 0.0852. The van der Waals surface area contributed by atoms with Crippen molar-refractivity contribution in [2.45, 2.75) is 35.5 Å². The van der Waals surface area contributed by atoms with E-state index < -0.39 is 5.82 Å². The minimum absolute atomic E-state index is 0.117. The summed E-state index contributed by atoms with van der Waals surface area (Å²) in [6, 6.07) is 17.7. The van der Waals surface area contributed by atoms with Gasteiger partial charge in [-0.3, -0.25) is 0 Å². The lowest BCUT2D eigenvalue weighted by Crippen LogP contribution is -2.14. The molecule has 0 amide bonds. The number of aromatic nitrogens is 1. The van der Waals surface area contributed by atoms with Crippen molar-refractivity contribution < 1.29 is 9.13 Å². The molecule has 3 nitrogen and oxygen atoms in total. The van der Waals surface area contributed by atoms with Crippen LogP contribution in [0, 0.1) is 24.1 Å². The minimum atomic E-state index is -0.437. The van der Waals surface area contributed by atoms with Gasteiger partial charge in [0.05, 0.1) is 0 Å². The van der Waals surface area contributed by atoms with Gasteiger partial charge in [-0.2, -0.15) is 5.26 Å². The molecule has 1 aliphatic rings. The highest BCUT2D eigenvalue weighted by Gasteiger charge is 2.20. The SMILES string of the molecule is Cc1cccn1-c1ccc(Sc2cc(C3CCOCC3)cc(F)c2C#N)cc1. The van der Waals surface area contributed by atoms with Crippen LogP contribution in [0.15, 0.2) is 64.5 Å². The van der Waals surface area contributed by atoms with Crippen molar-refractivity contribution in [2.24, 2.45) is 0 Å². The Morgan fingerprint density at radius 2 is 1.89 bits per heavy atom. The smallest absolute Gasteiger partial charge is 0.142 e. The number of benzene rings is 2. The number of nitriles is 1. The molecule has 0 saturated carbocycles. The zero-order chi connectivity index (χ0) is 19.5. The van der Waals surface area contributed by atoms with Crippen LogP contribution in [0.2, 0.25) is 0 Å². The van der Waals surface area contributed by atoms with Crippen LogP contribution in [0.1, 0.15) is 35.6 Å². The number of aryl methyl sites for hydroxylation is 1. The van der Waals surface area contributed by atoms with Crippen LogP contribution in [0.25, 0.3) is 5.69 Å². The van der Waals surface area contributed by atoms with Gasteiger partial charge in [0.1, 0.15) is 17.4 Å². The molecular formula is C23H21FN2OS. The van der Waals surface area contributed by atoms with Gasteiger partial charge in [-0.15, -0.1) is 0 Å². The standard InChI is InChI=1S/C23H21FN2OS/c1-16-3-2-10-26(16)19-4-6-20(7-5-19)28-23-14-18(13-22(24)21(23)15-25)17-8-11-27-12-9-17/h2-7,10,13-14,17H,8-9,11-12H2,1H3. The molecule has 2 aromatic carbocycles. The Morgan fingerprint density at radius 3 is 2.54 bits per heavy atom. The molecule has 5 heteroatoms. The average molecular weight is 392 g/mol. The molecule has 0 bridgehead atoms. The second kappa shape index (κ2) is 8.22. The van der Waals surface area contributed by atoms with Crippen molar-refractivity contribution in [3.05, 3.63) is 77.4 Å². The van der Waals surface area contributed by atoms with Gasteiger partial charge in [-0.25, -0.2) is 4.39 Å². The van der Waals surface area contributed by atoms with Gasteiger partial charge in [0, 0.05) is 40.6 Å². The van der Waals surface area contributed by atoms with E-state index in [1.54, 1.807) is 0 Å². The molecule has 0 atom stereocenters. The third-order valence-corrected chi connectivity index (χ3v) is 6.23. The molecule has 1 saturated heterocycles. The van der Waals surface area contributed by atoms with Crippen molar-refractivity contribution in [3.63, 3.8) is 0 Å². The molecule has 1 aliphatic heterocycles. The molecule has 142 valence electrons. The lowest BCUT2D eigenvalue weighted by Gasteiger charge is -2.23. The van der Waals surface area contributed by atoms with Gasteiger partial charge >= 0.3 is 0 Å². The number of rotatable bonds is 4. The third kappa shape index (κ3) is 3.84. The Morgan fingerprint density at radius 1 is 1.14 bits per heavy atom. The van der Waals surface area contributed by atoms with E-state index in [-0.39, 0.29) is 11.5 Å². The Labute approximate surface area is 168 Å². The lowest BCUT2D eigenvalue weighted by atomic mass is 9.91. The van der Waals surface area contributed by atoms with E-state index in [0.717, 1.165) is 29.0 Å². The predicted octanol–water partition coefficient (Wildman–Crippen LogP) is 5.84. The summed E-state index contributed by atoms with van der Waals surface area (Å²) < 4.78 is 22.1. The minimum Gasteiger partial charge on any atom is -0.381 e. The first-order chi connectivity index (χ1) is 13.7. The molecular weight excluding hydrogens is 371 g/mol. The van der Waals surface area contributed by atoms with Crippen LogP contribution in [0.4, 0.5) is 4.39 Å². The van der Waals surface area contributed by atoms with Crippen LogP contribution in [-0.2, 0) is 4.74 Å². The Hall–Kier alpha value is -2.55. The van der Waals surface area contributed by atoms with Gasteiger partial charge in [0.2, 0.25) is 0 Å². The highest BCUT2D eigenvalue weighted by atomic mass is 32.2. The number of halogens is 1. The molecule has 1 fully saturated rings. The molecule has 3 aromatic rings. The molecule has 28 heavy (non-hydrogen) atoms. The highest BCUT2D eigenvalue weighted by molar-refractivity contribution is 7.99. The van der Waals surface area contributed by atoms with Gasteiger partial charge in [-0.1, -0.05) is 11.8 Å². The fourth-order valence-corrected chi connectivity index (χ4v) is 4.58. The van der Waals surface area contributed by atoms with Crippen molar-refractivity contribution in [1.82, 2.24) is 4.57 Å². The molecule has 1 aromatic heterocycles. The molecule has 4 rings (SSSR count). The van der Waals surface area contributed by atoms with Crippen molar-refractivity contribution in [3.8, 4) is 11.8 Å². The van der Waals surface area contributed by atoms with Crippen molar-refractivity contribution in [2.75, 3.05) is 13.2 Å². The second-order valence-electron chi connectivity index (χ2n) is 6.99. The number of hydrogen-bond acceptors (Lipinski definition) is 3. The normalized spacial score (nSPS) is 14.8. The van der Waals surface area contributed by atoms with Gasteiger partial charge in [-0.05, 0) is 79.8 Å². The first-order valence-corrected chi connectivity index (χ1v) is 10.2. The van der Waals surface area contributed by atoms with Crippen LogP contribution >= 0.6 is 11.8 Å². The molecule has 2 heterocycles. The van der Waals surface area contributed by atoms with Gasteiger partial charge in [0.15, 0.2) is 0 Å². The monoisotopic (exact) mass is 392 g/mol. The summed E-state index contributed by atoms with van der Waals surface area (Å²) in [5.41, 5.74) is 3.32.